The van der Waals surface area contributed by atoms with Crippen LogP contribution in [0.4, 0.5) is 18.9 Å². The largest absolute Gasteiger partial charge is 0.496 e. The van der Waals surface area contributed by atoms with E-state index in [2.05, 4.69) is 0 Å². The fourth-order valence-corrected chi connectivity index (χ4v) is 1.97. The van der Waals surface area contributed by atoms with Crippen molar-refractivity contribution in [3.63, 3.8) is 0 Å². The van der Waals surface area contributed by atoms with E-state index < -0.39 is 11.7 Å². The maximum Gasteiger partial charge on any atom is 0.416 e. The topological polar surface area (TPSA) is 59.0 Å². The molecule has 2 aromatic rings. The van der Waals surface area contributed by atoms with Crippen LogP contribution in [0.3, 0.4) is 0 Å². The molecule has 3 nitrogen and oxygen atoms in total. The Morgan fingerprint density at radius 2 is 1.81 bits per heavy atom. The summed E-state index contributed by atoms with van der Waals surface area (Å²) in [7, 11) is 1.44. The molecule has 0 aliphatic rings. The molecular weight excluding hydrogens is 281 g/mol. The molecule has 0 unspecified atom stereocenters. The summed E-state index contributed by atoms with van der Waals surface area (Å²) in [4.78, 5) is 0. The van der Waals surface area contributed by atoms with E-state index in [4.69, 9.17) is 15.7 Å². The monoisotopic (exact) mass is 292 g/mol. The van der Waals surface area contributed by atoms with E-state index in [9.17, 15) is 13.2 Å². The normalized spacial score (nSPS) is 11.0. The van der Waals surface area contributed by atoms with Crippen LogP contribution in [0.15, 0.2) is 36.4 Å². The van der Waals surface area contributed by atoms with E-state index in [1.165, 1.54) is 19.2 Å². The van der Waals surface area contributed by atoms with Gasteiger partial charge in [-0.2, -0.15) is 18.4 Å². The van der Waals surface area contributed by atoms with Gasteiger partial charge in [0.25, 0.3) is 0 Å². The summed E-state index contributed by atoms with van der Waals surface area (Å²) in [5.74, 6) is 0.431. The third kappa shape index (κ3) is 2.92. The number of nitrogens with two attached hydrogens (primary N) is 1. The quantitative estimate of drug-likeness (QED) is 0.856. The van der Waals surface area contributed by atoms with Gasteiger partial charge in [-0.05, 0) is 30.3 Å². The Hall–Kier alpha value is -2.68. The average Bonchev–Trinajstić information content (AvgIpc) is 2.45. The number of hydrogen-bond donors (Lipinski definition) is 1. The molecule has 0 aliphatic carbocycles. The Labute approximate surface area is 119 Å². The number of benzene rings is 2. The van der Waals surface area contributed by atoms with E-state index in [-0.39, 0.29) is 5.69 Å². The Kier molecular flexibility index (Phi) is 3.76. The molecule has 0 spiro atoms. The highest BCUT2D eigenvalue weighted by atomic mass is 19.4. The summed E-state index contributed by atoms with van der Waals surface area (Å²) in [6, 6.07) is 9.72. The van der Waals surface area contributed by atoms with E-state index >= 15 is 0 Å². The lowest BCUT2D eigenvalue weighted by Crippen LogP contribution is -2.06. The molecule has 0 saturated carbocycles. The number of nitriles is 1. The van der Waals surface area contributed by atoms with Gasteiger partial charge < -0.3 is 10.5 Å². The lowest BCUT2D eigenvalue weighted by atomic mass is 9.99. The van der Waals surface area contributed by atoms with Crippen molar-refractivity contribution in [3.05, 3.63) is 47.5 Å². The van der Waals surface area contributed by atoms with Gasteiger partial charge in [0.05, 0.1) is 24.3 Å². The molecule has 2 N–H and O–H groups in total. The minimum absolute atomic E-state index is 0.0294. The number of rotatable bonds is 2. The molecule has 0 radical (unpaired) electrons. The van der Waals surface area contributed by atoms with Gasteiger partial charge in [-0.25, -0.2) is 0 Å². The first-order valence-electron chi connectivity index (χ1n) is 5.92. The number of methoxy groups -OCH3 is 1. The van der Waals surface area contributed by atoms with Crippen molar-refractivity contribution in [3.8, 4) is 22.9 Å². The second kappa shape index (κ2) is 5.37. The van der Waals surface area contributed by atoms with Gasteiger partial charge in [0.15, 0.2) is 0 Å². The van der Waals surface area contributed by atoms with Crippen molar-refractivity contribution in [1.29, 1.82) is 5.26 Å². The molecule has 0 aromatic heterocycles. The van der Waals surface area contributed by atoms with Crippen molar-refractivity contribution in [2.75, 3.05) is 12.8 Å². The third-order valence-electron chi connectivity index (χ3n) is 3.00. The molecule has 2 rings (SSSR count). The van der Waals surface area contributed by atoms with Crippen molar-refractivity contribution >= 4 is 5.69 Å². The molecular formula is C15H11F3N2O. The number of hydrogen-bond acceptors (Lipinski definition) is 3. The highest BCUT2D eigenvalue weighted by Gasteiger charge is 2.31. The number of nitrogen functional groups attached to an aromatic ring is 1. The summed E-state index contributed by atoms with van der Waals surface area (Å²) >= 11 is 0. The highest BCUT2D eigenvalue weighted by Crippen LogP contribution is 2.38. The van der Waals surface area contributed by atoms with Gasteiger partial charge in [0.1, 0.15) is 5.75 Å². The van der Waals surface area contributed by atoms with E-state index in [1.807, 2.05) is 6.07 Å². The molecule has 0 atom stereocenters. The first-order chi connectivity index (χ1) is 9.86. The van der Waals surface area contributed by atoms with Crippen LogP contribution in [0.5, 0.6) is 5.75 Å². The van der Waals surface area contributed by atoms with Crippen molar-refractivity contribution in [2.45, 2.75) is 6.18 Å². The van der Waals surface area contributed by atoms with Gasteiger partial charge in [-0.15, -0.1) is 0 Å². The third-order valence-corrected chi connectivity index (χ3v) is 3.00. The zero-order valence-corrected chi connectivity index (χ0v) is 11.0. The zero-order valence-electron chi connectivity index (χ0n) is 11.0. The summed E-state index contributed by atoms with van der Waals surface area (Å²) < 4.78 is 43.1. The summed E-state index contributed by atoms with van der Waals surface area (Å²) in [6.45, 7) is 0. The Bertz CT molecular complexity index is 718. The minimum atomic E-state index is -4.45. The van der Waals surface area contributed by atoms with Crippen LogP contribution in [-0.4, -0.2) is 7.11 Å². The van der Waals surface area contributed by atoms with Gasteiger partial charge in [0.2, 0.25) is 0 Å². The van der Waals surface area contributed by atoms with Crippen LogP contribution >= 0.6 is 0 Å². The summed E-state index contributed by atoms with van der Waals surface area (Å²) in [5, 5.41) is 8.92. The number of anilines is 1. The average molecular weight is 292 g/mol. The second-order valence-electron chi connectivity index (χ2n) is 4.33. The number of ether oxygens (including phenoxy) is 1. The second-order valence-corrected chi connectivity index (χ2v) is 4.33. The van der Waals surface area contributed by atoms with Crippen LogP contribution < -0.4 is 10.5 Å². The SMILES string of the molecule is COc1ccc(C#N)cc1-c1ccc(C(F)(F)F)cc1N. The van der Waals surface area contributed by atoms with E-state index in [0.717, 1.165) is 12.1 Å². The maximum atomic E-state index is 12.6. The van der Waals surface area contributed by atoms with Crippen LogP contribution in [0, 0.1) is 11.3 Å². The molecule has 21 heavy (non-hydrogen) atoms. The van der Waals surface area contributed by atoms with Crippen LogP contribution in [0.2, 0.25) is 0 Å². The molecule has 0 heterocycles. The van der Waals surface area contributed by atoms with Crippen LogP contribution in [0.1, 0.15) is 11.1 Å². The Balaban J connectivity index is 2.60. The number of halogens is 3. The maximum absolute atomic E-state index is 12.6. The van der Waals surface area contributed by atoms with Gasteiger partial charge in [-0.1, -0.05) is 6.07 Å². The fraction of sp³-hybridized carbons (Fsp3) is 0.133. The molecule has 2 aromatic carbocycles. The lowest BCUT2D eigenvalue weighted by Gasteiger charge is -2.13. The van der Waals surface area contributed by atoms with Gasteiger partial charge in [-0.3, -0.25) is 0 Å². The van der Waals surface area contributed by atoms with Gasteiger partial charge >= 0.3 is 6.18 Å². The Morgan fingerprint density at radius 1 is 1.10 bits per heavy atom. The molecule has 0 amide bonds. The smallest absolute Gasteiger partial charge is 0.416 e. The van der Waals surface area contributed by atoms with Crippen LogP contribution in [0.25, 0.3) is 11.1 Å². The molecule has 6 heteroatoms. The molecule has 0 saturated heterocycles. The van der Waals surface area contributed by atoms with E-state index in [0.29, 0.717) is 22.4 Å². The summed E-state index contributed by atoms with van der Waals surface area (Å²) in [5.41, 5.74) is 6.10. The summed E-state index contributed by atoms with van der Waals surface area (Å²) in [6.07, 6.45) is -4.45. The van der Waals surface area contributed by atoms with Crippen molar-refractivity contribution in [2.24, 2.45) is 0 Å². The Morgan fingerprint density at radius 3 is 2.33 bits per heavy atom. The number of nitrogens with zero attached hydrogens (tertiary/aromatic N) is 1. The standard InChI is InChI=1S/C15H11F3N2O/c1-21-14-5-2-9(8-19)6-12(14)11-4-3-10(7-13(11)20)15(16,17)18/h2-7H,20H2,1H3. The van der Waals surface area contributed by atoms with Crippen molar-refractivity contribution < 1.29 is 17.9 Å². The number of alkyl halides is 3. The molecule has 0 bridgehead atoms. The predicted octanol–water partition coefficient (Wildman–Crippen LogP) is 3.83. The van der Waals surface area contributed by atoms with Gasteiger partial charge in [0, 0.05) is 16.8 Å². The minimum Gasteiger partial charge on any atom is -0.496 e. The molecule has 0 aliphatic heterocycles. The zero-order chi connectivity index (χ0) is 15.6. The molecule has 108 valence electrons. The lowest BCUT2D eigenvalue weighted by molar-refractivity contribution is -0.137. The fourth-order valence-electron chi connectivity index (χ4n) is 1.97. The predicted molar refractivity (Wildman–Crippen MR) is 72.6 cm³/mol. The van der Waals surface area contributed by atoms with E-state index in [1.54, 1.807) is 12.1 Å². The first kappa shape index (κ1) is 14.7. The van der Waals surface area contributed by atoms with Crippen molar-refractivity contribution in [1.82, 2.24) is 0 Å². The first-order valence-corrected chi connectivity index (χ1v) is 5.92. The van der Waals surface area contributed by atoms with Crippen LogP contribution in [-0.2, 0) is 6.18 Å². The highest BCUT2D eigenvalue weighted by molar-refractivity contribution is 5.81. The molecule has 0 fully saturated rings.